The SMILES string of the molecule is CCOc1cc(/C=C2\N=C(c3ccc([N+](=O)[O-])cc3)OC2=O)cc(I)c1OCCc1ccccc1. The average Bonchev–Trinajstić information content (AvgIpc) is 3.21. The van der Waals surface area contributed by atoms with Crippen LogP contribution < -0.4 is 9.47 Å². The van der Waals surface area contributed by atoms with E-state index in [0.717, 1.165) is 9.99 Å². The molecule has 178 valence electrons. The van der Waals surface area contributed by atoms with Crippen molar-refractivity contribution >= 4 is 46.2 Å². The van der Waals surface area contributed by atoms with E-state index in [-0.39, 0.29) is 17.3 Å². The first-order valence-corrected chi connectivity index (χ1v) is 11.9. The second-order valence-corrected chi connectivity index (χ2v) is 8.65. The van der Waals surface area contributed by atoms with Crippen LogP contribution in [0.4, 0.5) is 5.69 Å². The van der Waals surface area contributed by atoms with Crippen LogP contribution in [0.3, 0.4) is 0 Å². The van der Waals surface area contributed by atoms with E-state index in [2.05, 4.69) is 39.7 Å². The number of non-ortho nitro benzene ring substituents is 1. The largest absolute Gasteiger partial charge is 0.490 e. The molecule has 0 radical (unpaired) electrons. The molecule has 1 aliphatic heterocycles. The summed E-state index contributed by atoms with van der Waals surface area (Å²) in [6.45, 7) is 2.84. The van der Waals surface area contributed by atoms with Crippen molar-refractivity contribution in [3.63, 3.8) is 0 Å². The molecule has 1 heterocycles. The molecule has 0 atom stereocenters. The molecule has 0 N–H and O–H groups in total. The Morgan fingerprint density at radius 1 is 1.09 bits per heavy atom. The van der Waals surface area contributed by atoms with Gasteiger partial charge in [-0.2, -0.15) is 0 Å². The fourth-order valence-electron chi connectivity index (χ4n) is 3.41. The molecule has 0 aromatic heterocycles. The van der Waals surface area contributed by atoms with E-state index in [1.54, 1.807) is 12.1 Å². The molecule has 9 heteroatoms. The highest BCUT2D eigenvalue weighted by Gasteiger charge is 2.25. The van der Waals surface area contributed by atoms with Crippen LogP contribution in [-0.2, 0) is 16.0 Å². The molecule has 4 rings (SSSR count). The van der Waals surface area contributed by atoms with Crippen molar-refractivity contribution in [1.29, 1.82) is 0 Å². The van der Waals surface area contributed by atoms with Gasteiger partial charge in [0.2, 0.25) is 5.90 Å². The van der Waals surface area contributed by atoms with Crippen molar-refractivity contribution in [1.82, 2.24) is 0 Å². The van der Waals surface area contributed by atoms with Gasteiger partial charge in [0.05, 0.1) is 21.7 Å². The van der Waals surface area contributed by atoms with Gasteiger partial charge in [0.25, 0.3) is 5.69 Å². The molecule has 1 aliphatic rings. The summed E-state index contributed by atoms with van der Waals surface area (Å²) in [5.41, 5.74) is 2.42. The molecule has 35 heavy (non-hydrogen) atoms. The third kappa shape index (κ3) is 6.04. The molecule has 8 nitrogen and oxygen atoms in total. The predicted octanol–water partition coefficient (Wildman–Crippen LogP) is 5.56. The van der Waals surface area contributed by atoms with Crippen molar-refractivity contribution in [3.8, 4) is 11.5 Å². The summed E-state index contributed by atoms with van der Waals surface area (Å²) in [4.78, 5) is 27.0. The number of halogens is 1. The van der Waals surface area contributed by atoms with Crippen LogP contribution in [0.25, 0.3) is 6.08 Å². The quantitative estimate of drug-likeness (QED) is 0.107. The summed E-state index contributed by atoms with van der Waals surface area (Å²) >= 11 is 2.18. The Morgan fingerprint density at radius 3 is 2.51 bits per heavy atom. The lowest BCUT2D eigenvalue weighted by Gasteiger charge is -2.15. The van der Waals surface area contributed by atoms with Gasteiger partial charge in [-0.25, -0.2) is 9.79 Å². The average molecular weight is 584 g/mol. The third-order valence-corrected chi connectivity index (χ3v) is 5.86. The van der Waals surface area contributed by atoms with Crippen molar-refractivity contribution in [2.75, 3.05) is 13.2 Å². The Bertz CT molecular complexity index is 1300. The van der Waals surface area contributed by atoms with E-state index in [1.807, 2.05) is 31.2 Å². The number of carbonyl (C=O) groups excluding carboxylic acids is 1. The lowest BCUT2D eigenvalue weighted by molar-refractivity contribution is -0.384. The Morgan fingerprint density at radius 2 is 1.83 bits per heavy atom. The number of ether oxygens (including phenoxy) is 3. The van der Waals surface area contributed by atoms with Crippen molar-refractivity contribution in [3.05, 3.63) is 103 Å². The second kappa shape index (κ2) is 11.1. The maximum atomic E-state index is 12.4. The lowest BCUT2D eigenvalue weighted by Crippen LogP contribution is -2.06. The van der Waals surface area contributed by atoms with Gasteiger partial charge in [-0.3, -0.25) is 10.1 Å². The minimum atomic E-state index is -0.602. The Hall–Kier alpha value is -3.73. The molecule has 3 aromatic carbocycles. The van der Waals surface area contributed by atoms with E-state index in [4.69, 9.17) is 14.2 Å². The molecule has 0 amide bonds. The molecule has 0 spiro atoms. The van der Waals surface area contributed by atoms with Crippen molar-refractivity contribution < 1.29 is 23.9 Å². The van der Waals surface area contributed by atoms with Crippen LogP contribution in [0.1, 0.15) is 23.6 Å². The van der Waals surface area contributed by atoms with Crippen LogP contribution >= 0.6 is 22.6 Å². The molecular weight excluding hydrogens is 563 g/mol. The van der Waals surface area contributed by atoms with Crippen molar-refractivity contribution in [2.24, 2.45) is 4.99 Å². The van der Waals surface area contributed by atoms with E-state index in [1.165, 1.54) is 29.8 Å². The summed E-state index contributed by atoms with van der Waals surface area (Å²) in [5, 5.41) is 10.9. The van der Waals surface area contributed by atoms with Gasteiger partial charge in [0.1, 0.15) is 0 Å². The Labute approximate surface area is 215 Å². The van der Waals surface area contributed by atoms with Gasteiger partial charge in [0, 0.05) is 24.1 Å². The number of hydrogen-bond donors (Lipinski definition) is 0. The maximum absolute atomic E-state index is 12.4. The van der Waals surface area contributed by atoms with Crippen LogP contribution in [0, 0.1) is 13.7 Å². The van der Waals surface area contributed by atoms with Crippen molar-refractivity contribution in [2.45, 2.75) is 13.3 Å². The van der Waals surface area contributed by atoms with E-state index < -0.39 is 10.9 Å². The Balaban J connectivity index is 1.55. The van der Waals surface area contributed by atoms with Crippen LogP contribution in [-0.4, -0.2) is 30.0 Å². The number of aliphatic imine (C=N–C) groups is 1. The number of benzene rings is 3. The summed E-state index contributed by atoms with van der Waals surface area (Å²) in [5.74, 6) is 0.714. The highest BCUT2D eigenvalue weighted by molar-refractivity contribution is 14.1. The summed E-state index contributed by atoms with van der Waals surface area (Å²) in [7, 11) is 0. The number of hydrogen-bond acceptors (Lipinski definition) is 7. The lowest BCUT2D eigenvalue weighted by atomic mass is 10.1. The monoisotopic (exact) mass is 584 g/mol. The molecule has 0 unspecified atom stereocenters. The minimum absolute atomic E-state index is 0.0569. The molecular formula is C26H21IN2O6. The van der Waals surface area contributed by atoms with Gasteiger partial charge in [-0.05, 0) is 71.0 Å². The van der Waals surface area contributed by atoms with Crippen LogP contribution in [0.2, 0.25) is 0 Å². The number of nitrogens with zero attached hydrogens (tertiary/aromatic N) is 2. The normalized spacial score (nSPS) is 13.9. The van der Waals surface area contributed by atoms with Crippen LogP contribution in [0.15, 0.2) is 77.4 Å². The first-order chi connectivity index (χ1) is 16.9. The van der Waals surface area contributed by atoms with Gasteiger partial charge in [-0.1, -0.05) is 30.3 Å². The molecule has 0 bridgehead atoms. The summed E-state index contributed by atoms with van der Waals surface area (Å²) in [6, 6.07) is 19.4. The number of nitro groups is 1. The molecule has 3 aromatic rings. The number of carbonyl (C=O) groups is 1. The van der Waals surface area contributed by atoms with E-state index >= 15 is 0 Å². The zero-order valence-corrected chi connectivity index (χ0v) is 20.9. The topological polar surface area (TPSA) is 100 Å². The smallest absolute Gasteiger partial charge is 0.363 e. The fraction of sp³-hybridized carbons (Fsp3) is 0.154. The summed E-state index contributed by atoms with van der Waals surface area (Å²) in [6.07, 6.45) is 2.37. The molecule has 0 fully saturated rings. The zero-order valence-electron chi connectivity index (χ0n) is 18.8. The molecule has 0 saturated heterocycles. The van der Waals surface area contributed by atoms with Gasteiger partial charge < -0.3 is 14.2 Å². The van der Waals surface area contributed by atoms with E-state index in [0.29, 0.717) is 35.8 Å². The van der Waals surface area contributed by atoms with Gasteiger partial charge >= 0.3 is 5.97 Å². The number of esters is 1. The first kappa shape index (κ1) is 24.4. The van der Waals surface area contributed by atoms with Gasteiger partial charge in [0.15, 0.2) is 17.2 Å². The Kier molecular flexibility index (Phi) is 7.76. The summed E-state index contributed by atoms with van der Waals surface area (Å²) < 4.78 is 18.0. The maximum Gasteiger partial charge on any atom is 0.363 e. The third-order valence-electron chi connectivity index (χ3n) is 5.06. The predicted molar refractivity (Wildman–Crippen MR) is 140 cm³/mol. The van der Waals surface area contributed by atoms with Gasteiger partial charge in [-0.15, -0.1) is 0 Å². The number of cyclic esters (lactones) is 1. The first-order valence-electron chi connectivity index (χ1n) is 10.8. The zero-order chi connectivity index (χ0) is 24.8. The number of rotatable bonds is 9. The molecule has 0 aliphatic carbocycles. The van der Waals surface area contributed by atoms with E-state index in [9.17, 15) is 14.9 Å². The minimum Gasteiger partial charge on any atom is -0.490 e. The number of nitro benzene ring substituents is 1. The molecule has 0 saturated carbocycles. The highest BCUT2D eigenvalue weighted by Crippen LogP contribution is 2.35. The fourth-order valence-corrected chi connectivity index (χ4v) is 4.19. The second-order valence-electron chi connectivity index (χ2n) is 7.49. The highest BCUT2D eigenvalue weighted by atomic mass is 127. The van der Waals surface area contributed by atoms with Crippen LogP contribution in [0.5, 0.6) is 11.5 Å². The standard InChI is InChI=1S/C26H21IN2O6/c1-2-33-23-16-18(14-21(27)24(23)34-13-12-17-6-4-3-5-7-17)15-22-26(30)35-25(28-22)19-8-10-20(11-9-19)29(31)32/h3-11,14-16H,2,12-13H2,1H3/b22-15-.